The molecule has 1 aromatic carbocycles. The molecule has 0 atom stereocenters. The van der Waals surface area contributed by atoms with Gasteiger partial charge in [-0.3, -0.25) is 0 Å². The molecule has 0 N–H and O–H groups in total. The van der Waals surface area contributed by atoms with Crippen LogP contribution in [0.15, 0.2) is 43.0 Å². The van der Waals surface area contributed by atoms with Gasteiger partial charge in [0.1, 0.15) is 0 Å². The topological polar surface area (TPSA) is 3.24 Å². The van der Waals surface area contributed by atoms with Crippen molar-refractivity contribution >= 4 is 0 Å². The molecule has 0 aliphatic carbocycles. The van der Waals surface area contributed by atoms with Crippen LogP contribution in [0.4, 0.5) is 0 Å². The highest BCUT2D eigenvalue weighted by atomic mass is 15.1. The molecule has 0 aliphatic heterocycles. The number of nitrogens with zero attached hydrogens (tertiary/aromatic N) is 1. The second-order valence-electron chi connectivity index (χ2n) is 4.85. The lowest BCUT2D eigenvalue weighted by Crippen LogP contribution is -2.29. The molecule has 15 heavy (non-hydrogen) atoms. The summed E-state index contributed by atoms with van der Waals surface area (Å²) in [7, 11) is 2.15. The van der Waals surface area contributed by atoms with Crippen molar-refractivity contribution in [1.82, 2.24) is 4.90 Å². The van der Waals surface area contributed by atoms with Gasteiger partial charge < -0.3 is 4.90 Å². The van der Waals surface area contributed by atoms with Gasteiger partial charge in [-0.15, -0.1) is 6.58 Å². The zero-order chi connectivity index (χ0) is 11.3. The van der Waals surface area contributed by atoms with E-state index in [1.165, 1.54) is 5.56 Å². The van der Waals surface area contributed by atoms with Crippen LogP contribution in [-0.4, -0.2) is 18.5 Å². The van der Waals surface area contributed by atoms with Gasteiger partial charge in [0.25, 0.3) is 0 Å². The van der Waals surface area contributed by atoms with Crippen LogP contribution in [0, 0.1) is 5.41 Å². The molecule has 1 aromatic rings. The summed E-state index contributed by atoms with van der Waals surface area (Å²) in [5.74, 6) is 0. The van der Waals surface area contributed by atoms with Crippen molar-refractivity contribution < 1.29 is 0 Å². The smallest absolute Gasteiger partial charge is 0.0231 e. The van der Waals surface area contributed by atoms with Crippen molar-refractivity contribution in [1.29, 1.82) is 0 Å². The number of benzene rings is 1. The lowest BCUT2D eigenvalue weighted by atomic mass is 9.93. The lowest BCUT2D eigenvalue weighted by Gasteiger charge is -2.27. The molecule has 0 heterocycles. The molecule has 1 rings (SSSR count). The molecule has 0 amide bonds. The molecule has 0 fully saturated rings. The minimum absolute atomic E-state index is 0.184. The summed E-state index contributed by atoms with van der Waals surface area (Å²) >= 11 is 0. The molecule has 0 spiro atoms. The first kappa shape index (κ1) is 12.0. The van der Waals surface area contributed by atoms with Crippen LogP contribution in [0.2, 0.25) is 0 Å². The van der Waals surface area contributed by atoms with Gasteiger partial charge in [0, 0.05) is 13.1 Å². The molecular formula is C14H21N. The van der Waals surface area contributed by atoms with E-state index < -0.39 is 0 Å². The predicted octanol–water partition coefficient (Wildman–Crippen LogP) is 3.33. The van der Waals surface area contributed by atoms with Crippen molar-refractivity contribution in [3.63, 3.8) is 0 Å². The van der Waals surface area contributed by atoms with E-state index in [1.54, 1.807) is 0 Å². The molecule has 0 saturated carbocycles. The summed E-state index contributed by atoms with van der Waals surface area (Å²) in [5.41, 5.74) is 1.55. The molecule has 0 radical (unpaired) electrons. The summed E-state index contributed by atoms with van der Waals surface area (Å²) in [6.07, 6.45) is 2.02. The molecule has 0 saturated heterocycles. The summed E-state index contributed by atoms with van der Waals surface area (Å²) in [6, 6.07) is 10.6. The highest BCUT2D eigenvalue weighted by Gasteiger charge is 2.15. The number of hydrogen-bond donors (Lipinski definition) is 0. The Morgan fingerprint density at radius 3 is 2.40 bits per heavy atom. The Labute approximate surface area is 93.4 Å². The molecular weight excluding hydrogens is 182 g/mol. The summed E-state index contributed by atoms with van der Waals surface area (Å²) in [5, 5.41) is 0. The van der Waals surface area contributed by atoms with Crippen LogP contribution in [0.25, 0.3) is 0 Å². The zero-order valence-corrected chi connectivity index (χ0v) is 10.0. The van der Waals surface area contributed by atoms with Gasteiger partial charge in [-0.1, -0.05) is 50.3 Å². The van der Waals surface area contributed by atoms with Gasteiger partial charge in [-0.2, -0.15) is 0 Å². The van der Waals surface area contributed by atoms with Crippen LogP contribution in [0.1, 0.15) is 19.4 Å². The van der Waals surface area contributed by atoms with Gasteiger partial charge in [-0.05, 0) is 18.0 Å². The Morgan fingerprint density at radius 2 is 1.87 bits per heavy atom. The summed E-state index contributed by atoms with van der Waals surface area (Å²) in [4.78, 5) is 2.33. The van der Waals surface area contributed by atoms with E-state index in [2.05, 4.69) is 62.7 Å². The first-order valence-electron chi connectivity index (χ1n) is 5.39. The van der Waals surface area contributed by atoms with E-state index in [0.717, 1.165) is 13.1 Å². The molecule has 1 nitrogen and oxygen atoms in total. The fourth-order valence-electron chi connectivity index (χ4n) is 1.71. The van der Waals surface area contributed by atoms with Gasteiger partial charge >= 0.3 is 0 Å². The quantitative estimate of drug-likeness (QED) is 0.663. The monoisotopic (exact) mass is 203 g/mol. The molecule has 82 valence electrons. The fourth-order valence-corrected chi connectivity index (χ4v) is 1.71. The van der Waals surface area contributed by atoms with E-state index >= 15 is 0 Å². The van der Waals surface area contributed by atoms with Crippen molar-refractivity contribution in [2.45, 2.75) is 20.4 Å². The van der Waals surface area contributed by atoms with Gasteiger partial charge in [0.2, 0.25) is 0 Å². The van der Waals surface area contributed by atoms with Crippen LogP contribution < -0.4 is 0 Å². The van der Waals surface area contributed by atoms with E-state index in [-0.39, 0.29) is 5.41 Å². The fraction of sp³-hybridized carbons (Fsp3) is 0.429. The maximum Gasteiger partial charge on any atom is 0.0231 e. The molecule has 1 heteroatoms. The average molecular weight is 203 g/mol. The Hall–Kier alpha value is -1.08. The third-order valence-corrected chi connectivity index (χ3v) is 2.53. The normalized spacial score (nSPS) is 11.7. The van der Waals surface area contributed by atoms with E-state index in [1.807, 2.05) is 6.08 Å². The summed E-state index contributed by atoms with van der Waals surface area (Å²) < 4.78 is 0. The third-order valence-electron chi connectivity index (χ3n) is 2.53. The van der Waals surface area contributed by atoms with Crippen LogP contribution in [0.5, 0.6) is 0 Å². The predicted molar refractivity (Wildman–Crippen MR) is 66.8 cm³/mol. The Kier molecular flexibility index (Phi) is 4.10. The second kappa shape index (κ2) is 5.13. The van der Waals surface area contributed by atoms with E-state index in [0.29, 0.717) is 0 Å². The SMILES string of the molecule is C=CC(C)(C)CN(C)Cc1ccccc1. The first-order chi connectivity index (χ1) is 7.03. The van der Waals surface area contributed by atoms with Crippen molar-refractivity contribution in [2.24, 2.45) is 5.41 Å². The van der Waals surface area contributed by atoms with Crippen molar-refractivity contribution in [3.05, 3.63) is 48.6 Å². The maximum atomic E-state index is 3.87. The van der Waals surface area contributed by atoms with Gasteiger partial charge in [-0.25, -0.2) is 0 Å². The number of rotatable bonds is 5. The average Bonchev–Trinajstić information content (AvgIpc) is 2.18. The minimum atomic E-state index is 0.184. The maximum absolute atomic E-state index is 3.87. The molecule has 0 aliphatic rings. The van der Waals surface area contributed by atoms with Gasteiger partial charge in [0.05, 0.1) is 0 Å². The molecule has 0 bridgehead atoms. The van der Waals surface area contributed by atoms with Crippen molar-refractivity contribution in [3.8, 4) is 0 Å². The van der Waals surface area contributed by atoms with Crippen LogP contribution in [-0.2, 0) is 6.54 Å². The largest absolute Gasteiger partial charge is 0.301 e. The molecule has 0 unspecified atom stereocenters. The van der Waals surface area contributed by atoms with Crippen LogP contribution in [0.3, 0.4) is 0 Å². The first-order valence-corrected chi connectivity index (χ1v) is 5.39. The third kappa shape index (κ3) is 4.30. The number of hydrogen-bond acceptors (Lipinski definition) is 1. The Balaban J connectivity index is 2.50. The minimum Gasteiger partial charge on any atom is -0.301 e. The standard InChI is InChI=1S/C14H21N/c1-5-14(2,3)12-15(4)11-13-9-7-6-8-10-13/h5-10H,1,11-12H2,2-4H3. The van der Waals surface area contributed by atoms with Gasteiger partial charge in [0.15, 0.2) is 0 Å². The van der Waals surface area contributed by atoms with Crippen molar-refractivity contribution in [2.75, 3.05) is 13.6 Å². The Bertz CT molecular complexity index is 300. The highest BCUT2D eigenvalue weighted by Crippen LogP contribution is 2.18. The summed E-state index contributed by atoms with van der Waals surface area (Å²) in [6.45, 7) is 10.3. The lowest BCUT2D eigenvalue weighted by molar-refractivity contribution is 0.244. The highest BCUT2D eigenvalue weighted by molar-refractivity contribution is 5.14. The second-order valence-corrected chi connectivity index (χ2v) is 4.85. The van der Waals surface area contributed by atoms with Crippen LogP contribution >= 0.6 is 0 Å². The molecule has 0 aromatic heterocycles. The van der Waals surface area contributed by atoms with E-state index in [9.17, 15) is 0 Å². The zero-order valence-electron chi connectivity index (χ0n) is 10.0. The van der Waals surface area contributed by atoms with E-state index in [4.69, 9.17) is 0 Å². The Morgan fingerprint density at radius 1 is 1.27 bits per heavy atom.